The number of aromatic amines is 1. The third-order valence-electron chi connectivity index (χ3n) is 6.51. The van der Waals surface area contributed by atoms with Gasteiger partial charge in [-0.1, -0.05) is 6.92 Å². The zero-order chi connectivity index (χ0) is 18.4. The van der Waals surface area contributed by atoms with Gasteiger partial charge in [0.2, 0.25) is 0 Å². The number of aromatic nitrogens is 3. The summed E-state index contributed by atoms with van der Waals surface area (Å²) in [4.78, 5) is 29.9. The minimum atomic E-state index is -0.0382. The van der Waals surface area contributed by atoms with Crippen LogP contribution in [0.4, 0.5) is 0 Å². The third kappa shape index (κ3) is 2.71. The van der Waals surface area contributed by atoms with Crippen molar-refractivity contribution in [2.24, 2.45) is 0 Å². The van der Waals surface area contributed by atoms with Crippen LogP contribution in [0.1, 0.15) is 72.6 Å². The van der Waals surface area contributed by atoms with E-state index in [4.69, 9.17) is 9.40 Å². The lowest BCUT2D eigenvalue weighted by Crippen LogP contribution is -2.57. The molecule has 0 radical (unpaired) electrons. The number of likely N-dealkylation sites (tertiary alicyclic amines) is 1. The Morgan fingerprint density at radius 2 is 2.11 bits per heavy atom. The molecule has 5 rings (SSSR count). The summed E-state index contributed by atoms with van der Waals surface area (Å²) in [5, 5.41) is 0. The Labute approximate surface area is 159 Å². The number of carbonyl (C=O) groups excluding carboxylic acids is 1. The molecule has 0 unspecified atom stereocenters. The lowest BCUT2D eigenvalue weighted by Gasteiger charge is -2.50. The lowest BCUT2D eigenvalue weighted by molar-refractivity contribution is 0.00685. The van der Waals surface area contributed by atoms with Gasteiger partial charge in [-0.25, -0.2) is 9.97 Å². The quantitative estimate of drug-likeness (QED) is 0.896. The largest absolute Gasteiger partial charge is 0.447 e. The first-order chi connectivity index (χ1) is 13.2. The number of carbonyl (C=O) groups is 1. The van der Waals surface area contributed by atoms with E-state index in [1.54, 1.807) is 0 Å². The molecule has 0 aromatic carbocycles. The second-order valence-electron chi connectivity index (χ2n) is 8.13. The van der Waals surface area contributed by atoms with E-state index in [9.17, 15) is 4.79 Å². The van der Waals surface area contributed by atoms with Gasteiger partial charge in [0.25, 0.3) is 5.91 Å². The van der Waals surface area contributed by atoms with Gasteiger partial charge in [-0.2, -0.15) is 0 Å². The van der Waals surface area contributed by atoms with Gasteiger partial charge in [0.15, 0.2) is 12.1 Å². The van der Waals surface area contributed by atoms with E-state index >= 15 is 0 Å². The SMILES string of the molecule is CCCN1CCc2[nH]cnc2C12CCN(C(=O)c1ncoc1C1CC1)CC2. The van der Waals surface area contributed by atoms with Gasteiger partial charge in [0.1, 0.15) is 5.76 Å². The van der Waals surface area contributed by atoms with Crippen molar-refractivity contribution >= 4 is 5.91 Å². The van der Waals surface area contributed by atoms with E-state index < -0.39 is 0 Å². The average Bonchev–Trinajstić information content (AvgIpc) is 3.21. The van der Waals surface area contributed by atoms with Gasteiger partial charge in [-0.3, -0.25) is 9.69 Å². The standard InChI is InChI=1S/C20H27N5O2/c1-2-8-25-9-5-15-18(22-12-21-15)20(25)6-10-24(11-7-20)19(26)16-17(14-3-4-14)27-13-23-16/h12-14H,2-11H2,1H3,(H,21,22). The van der Waals surface area contributed by atoms with Gasteiger partial charge in [0.05, 0.1) is 17.6 Å². The van der Waals surface area contributed by atoms with Crippen LogP contribution in [0.5, 0.6) is 0 Å². The van der Waals surface area contributed by atoms with Gasteiger partial charge in [0, 0.05) is 37.7 Å². The second kappa shape index (κ2) is 6.48. The topological polar surface area (TPSA) is 78.3 Å². The summed E-state index contributed by atoms with van der Waals surface area (Å²) in [6, 6.07) is 0. The highest BCUT2D eigenvalue weighted by Gasteiger charge is 2.47. The summed E-state index contributed by atoms with van der Waals surface area (Å²) >= 11 is 0. The summed E-state index contributed by atoms with van der Waals surface area (Å²) in [7, 11) is 0. The summed E-state index contributed by atoms with van der Waals surface area (Å²) in [6.07, 6.45) is 9.47. The fourth-order valence-electron chi connectivity index (χ4n) is 4.95. The highest BCUT2D eigenvalue weighted by atomic mass is 16.3. The molecule has 2 aliphatic heterocycles. The second-order valence-corrected chi connectivity index (χ2v) is 8.13. The number of hydrogen-bond acceptors (Lipinski definition) is 5. The van der Waals surface area contributed by atoms with E-state index in [1.807, 2.05) is 11.2 Å². The number of nitrogens with zero attached hydrogens (tertiary/aromatic N) is 4. The van der Waals surface area contributed by atoms with E-state index in [2.05, 4.69) is 21.8 Å². The number of H-pyrrole nitrogens is 1. The Bertz CT molecular complexity index is 829. The maximum atomic E-state index is 13.1. The number of piperidine rings is 1. The first-order valence-corrected chi connectivity index (χ1v) is 10.2. The zero-order valence-electron chi connectivity index (χ0n) is 15.9. The van der Waals surface area contributed by atoms with E-state index in [-0.39, 0.29) is 11.4 Å². The molecule has 0 atom stereocenters. The summed E-state index contributed by atoms with van der Waals surface area (Å²) in [5.41, 5.74) is 2.97. The van der Waals surface area contributed by atoms with E-state index in [0.29, 0.717) is 11.6 Å². The number of amides is 1. The minimum Gasteiger partial charge on any atom is -0.447 e. The van der Waals surface area contributed by atoms with E-state index in [0.717, 1.165) is 70.5 Å². The van der Waals surface area contributed by atoms with Crippen molar-refractivity contribution in [1.29, 1.82) is 0 Å². The molecule has 27 heavy (non-hydrogen) atoms. The van der Waals surface area contributed by atoms with Gasteiger partial charge < -0.3 is 14.3 Å². The maximum absolute atomic E-state index is 13.1. The third-order valence-corrected chi connectivity index (χ3v) is 6.51. The lowest BCUT2D eigenvalue weighted by atomic mass is 9.78. The molecule has 4 heterocycles. The Morgan fingerprint density at radius 1 is 1.30 bits per heavy atom. The van der Waals surface area contributed by atoms with Crippen LogP contribution in [-0.4, -0.2) is 56.8 Å². The van der Waals surface area contributed by atoms with Crippen LogP contribution in [0.3, 0.4) is 0 Å². The fourth-order valence-corrected chi connectivity index (χ4v) is 4.95. The van der Waals surface area contributed by atoms with Crippen molar-refractivity contribution in [2.45, 2.75) is 56.9 Å². The Hall–Kier alpha value is -2.15. The van der Waals surface area contributed by atoms with Gasteiger partial charge in [-0.15, -0.1) is 0 Å². The molecule has 2 fully saturated rings. The molecule has 0 bridgehead atoms. The molecule has 1 spiro atoms. The molecule has 2 aromatic rings. The van der Waals surface area contributed by atoms with Crippen molar-refractivity contribution in [3.63, 3.8) is 0 Å². The van der Waals surface area contributed by atoms with Crippen molar-refractivity contribution < 1.29 is 9.21 Å². The number of imidazole rings is 1. The summed E-state index contributed by atoms with van der Waals surface area (Å²) in [5.74, 6) is 1.22. The van der Waals surface area contributed by atoms with Crippen LogP contribution >= 0.6 is 0 Å². The Balaban J connectivity index is 1.37. The molecule has 7 heteroatoms. The van der Waals surface area contributed by atoms with Gasteiger partial charge in [-0.05, 0) is 38.6 Å². The maximum Gasteiger partial charge on any atom is 0.276 e. The smallest absolute Gasteiger partial charge is 0.276 e. The Kier molecular flexibility index (Phi) is 4.07. The average molecular weight is 369 g/mol. The summed E-state index contributed by atoms with van der Waals surface area (Å²) in [6.45, 7) is 5.85. The highest BCUT2D eigenvalue weighted by Crippen LogP contribution is 2.44. The zero-order valence-corrected chi connectivity index (χ0v) is 15.9. The predicted octanol–water partition coefficient (Wildman–Crippen LogP) is 2.67. The van der Waals surface area contributed by atoms with Crippen LogP contribution in [-0.2, 0) is 12.0 Å². The van der Waals surface area contributed by atoms with Crippen LogP contribution in [0.2, 0.25) is 0 Å². The Morgan fingerprint density at radius 3 is 2.85 bits per heavy atom. The molecule has 1 aliphatic carbocycles. The normalized spacial score (nSPS) is 22.2. The van der Waals surface area contributed by atoms with Crippen molar-refractivity contribution in [2.75, 3.05) is 26.2 Å². The van der Waals surface area contributed by atoms with Crippen molar-refractivity contribution in [1.82, 2.24) is 24.8 Å². The fraction of sp³-hybridized carbons (Fsp3) is 0.650. The molecule has 2 aromatic heterocycles. The van der Waals surface area contributed by atoms with Crippen molar-refractivity contribution in [3.8, 4) is 0 Å². The number of hydrogen-bond donors (Lipinski definition) is 1. The molecule has 1 amide bonds. The number of nitrogens with one attached hydrogen (secondary N) is 1. The first kappa shape index (κ1) is 17.0. The molecule has 7 nitrogen and oxygen atoms in total. The van der Waals surface area contributed by atoms with Crippen LogP contribution in [0.15, 0.2) is 17.1 Å². The predicted molar refractivity (Wildman–Crippen MR) is 99.4 cm³/mol. The molecule has 144 valence electrons. The number of rotatable bonds is 4. The monoisotopic (exact) mass is 369 g/mol. The van der Waals surface area contributed by atoms with Crippen LogP contribution in [0, 0.1) is 0 Å². The molecular weight excluding hydrogens is 342 g/mol. The number of fused-ring (bicyclic) bond motifs is 2. The van der Waals surface area contributed by atoms with Crippen LogP contribution in [0.25, 0.3) is 0 Å². The van der Waals surface area contributed by atoms with Crippen molar-refractivity contribution in [3.05, 3.63) is 35.6 Å². The van der Waals surface area contributed by atoms with Crippen LogP contribution < -0.4 is 0 Å². The highest BCUT2D eigenvalue weighted by molar-refractivity contribution is 5.93. The van der Waals surface area contributed by atoms with E-state index in [1.165, 1.54) is 17.8 Å². The molecule has 1 saturated carbocycles. The first-order valence-electron chi connectivity index (χ1n) is 10.2. The van der Waals surface area contributed by atoms with Gasteiger partial charge >= 0.3 is 0 Å². The number of oxazole rings is 1. The molecule has 3 aliphatic rings. The summed E-state index contributed by atoms with van der Waals surface area (Å²) < 4.78 is 5.51. The molecule has 1 N–H and O–H groups in total. The minimum absolute atomic E-state index is 0.0283. The molecular formula is C20H27N5O2. The molecule has 1 saturated heterocycles.